The summed E-state index contributed by atoms with van der Waals surface area (Å²) >= 11 is 0. The zero-order valence-electron chi connectivity index (χ0n) is 19.1. The van der Waals surface area contributed by atoms with E-state index < -0.39 is 0 Å². The topological polar surface area (TPSA) is 97.1 Å². The monoisotopic (exact) mass is 557 g/mol. The number of aryl methyl sites for hydroxylation is 1. The molecule has 0 saturated carbocycles. The third-order valence-electron chi connectivity index (χ3n) is 5.26. The Bertz CT molecular complexity index is 893. The van der Waals surface area contributed by atoms with Crippen LogP contribution in [0.2, 0.25) is 0 Å². The molecule has 0 spiro atoms. The number of hydrogen-bond donors (Lipinski definition) is 1. The molecule has 3 rings (SSSR count). The molecule has 2 heterocycles. The van der Waals surface area contributed by atoms with Gasteiger partial charge in [0.25, 0.3) is 0 Å². The molecule has 1 amide bonds. The largest absolute Gasteiger partial charge is 0.497 e. The van der Waals surface area contributed by atoms with E-state index >= 15 is 0 Å². The van der Waals surface area contributed by atoms with Gasteiger partial charge in [0.15, 0.2) is 11.8 Å². The molecule has 1 saturated heterocycles. The predicted molar refractivity (Wildman–Crippen MR) is 132 cm³/mol. The van der Waals surface area contributed by atoms with E-state index in [2.05, 4.69) is 20.4 Å². The number of hydrogen-bond acceptors (Lipinski definition) is 6. The van der Waals surface area contributed by atoms with E-state index in [9.17, 15) is 4.79 Å². The molecule has 1 aromatic carbocycles. The van der Waals surface area contributed by atoms with Crippen LogP contribution in [0.3, 0.4) is 0 Å². The Morgan fingerprint density at radius 2 is 1.78 bits per heavy atom. The van der Waals surface area contributed by atoms with Crippen LogP contribution in [0.15, 0.2) is 29.3 Å². The fraction of sp³-hybridized carbons (Fsp3) is 0.524. The zero-order valence-corrected chi connectivity index (χ0v) is 21.4. The second-order valence-corrected chi connectivity index (χ2v) is 7.24. The highest BCUT2D eigenvalue weighted by atomic mass is 127. The Kier molecular flexibility index (Phi) is 10.0. The molecule has 1 aliphatic heterocycles. The summed E-state index contributed by atoms with van der Waals surface area (Å²) in [6, 6.07) is 7.87. The van der Waals surface area contributed by atoms with E-state index in [1.54, 1.807) is 12.0 Å². The van der Waals surface area contributed by atoms with Crippen molar-refractivity contribution in [3.8, 4) is 5.75 Å². The van der Waals surface area contributed by atoms with E-state index in [0.29, 0.717) is 45.9 Å². The highest BCUT2D eigenvalue weighted by molar-refractivity contribution is 14.0. The minimum atomic E-state index is -0.263. The number of nitrogens with one attached hydrogen (secondary N) is 1. The van der Waals surface area contributed by atoms with Crippen molar-refractivity contribution < 1.29 is 14.3 Å². The third-order valence-corrected chi connectivity index (χ3v) is 5.26. The van der Waals surface area contributed by atoms with Gasteiger partial charge in [-0.05, 0) is 31.5 Å². The van der Waals surface area contributed by atoms with E-state index in [-0.39, 0.29) is 30.1 Å². The van der Waals surface area contributed by atoms with Gasteiger partial charge in [-0.25, -0.2) is 9.79 Å². The molecule has 0 unspecified atom stereocenters. The van der Waals surface area contributed by atoms with Gasteiger partial charge in [-0.1, -0.05) is 12.1 Å². The number of guanidine groups is 1. The van der Waals surface area contributed by atoms with E-state index in [1.807, 2.05) is 49.7 Å². The molecule has 10 nitrogen and oxygen atoms in total. The molecule has 0 bridgehead atoms. The predicted octanol–water partition coefficient (Wildman–Crippen LogP) is 2.17. The molecule has 2 aromatic rings. The maximum atomic E-state index is 12.0. The van der Waals surface area contributed by atoms with Crippen molar-refractivity contribution in [3.63, 3.8) is 0 Å². The number of aromatic nitrogens is 3. The minimum absolute atomic E-state index is 0. The quantitative estimate of drug-likeness (QED) is 0.331. The number of benzene rings is 1. The van der Waals surface area contributed by atoms with Crippen molar-refractivity contribution in [3.05, 3.63) is 41.5 Å². The van der Waals surface area contributed by atoms with Gasteiger partial charge in [0, 0.05) is 33.2 Å². The van der Waals surface area contributed by atoms with Gasteiger partial charge < -0.3 is 29.2 Å². The summed E-state index contributed by atoms with van der Waals surface area (Å²) in [7, 11) is 3.60. The molecule has 1 N–H and O–H groups in total. The Hall–Kier alpha value is -2.57. The van der Waals surface area contributed by atoms with Crippen molar-refractivity contribution in [2.45, 2.75) is 26.9 Å². The fourth-order valence-corrected chi connectivity index (χ4v) is 3.24. The normalized spacial score (nSPS) is 14.1. The molecule has 1 fully saturated rings. The van der Waals surface area contributed by atoms with Crippen LogP contribution in [0.25, 0.3) is 0 Å². The number of methoxy groups -OCH3 is 1. The number of piperazine rings is 1. The molecule has 0 radical (unpaired) electrons. The first kappa shape index (κ1) is 25.7. The summed E-state index contributed by atoms with van der Waals surface area (Å²) in [6.07, 6.45) is -0.263. The Morgan fingerprint density at radius 1 is 1.12 bits per heavy atom. The number of ether oxygens (including phenoxy) is 2. The first-order chi connectivity index (χ1) is 15.0. The number of carbonyl (C=O) groups excluding carboxylic acids is 1. The summed E-state index contributed by atoms with van der Waals surface area (Å²) < 4.78 is 12.3. The average molecular weight is 557 g/mol. The fourth-order valence-electron chi connectivity index (χ4n) is 3.24. The zero-order chi connectivity index (χ0) is 22.2. The van der Waals surface area contributed by atoms with Crippen LogP contribution in [0.1, 0.15) is 24.1 Å². The van der Waals surface area contributed by atoms with Crippen LogP contribution < -0.4 is 10.1 Å². The molecular weight excluding hydrogens is 525 g/mol. The lowest BCUT2D eigenvalue weighted by Gasteiger charge is -2.36. The van der Waals surface area contributed by atoms with Crippen LogP contribution in [0, 0.1) is 6.92 Å². The van der Waals surface area contributed by atoms with Crippen molar-refractivity contribution in [2.24, 2.45) is 12.0 Å². The molecule has 1 aliphatic rings. The van der Waals surface area contributed by atoms with Crippen LogP contribution in [-0.4, -0.2) is 76.5 Å². The number of carbonyl (C=O) groups is 1. The smallest absolute Gasteiger partial charge is 0.409 e. The standard InChI is InChI=1S/C21H31N7O3.HI/c1-5-31-21(29)28-12-10-27(11-13-28)20(23-15-19-25-24-16(2)26(19)3)22-14-17-6-8-18(30-4)9-7-17;/h6-9H,5,10-15H2,1-4H3,(H,22,23);1H. The first-order valence-electron chi connectivity index (χ1n) is 10.4. The van der Waals surface area contributed by atoms with Crippen LogP contribution in [0.5, 0.6) is 5.75 Å². The number of amides is 1. The highest BCUT2D eigenvalue weighted by Crippen LogP contribution is 2.12. The summed E-state index contributed by atoms with van der Waals surface area (Å²) in [5.41, 5.74) is 1.08. The highest BCUT2D eigenvalue weighted by Gasteiger charge is 2.24. The molecule has 0 aliphatic carbocycles. The first-order valence-corrected chi connectivity index (χ1v) is 10.4. The average Bonchev–Trinajstić information content (AvgIpc) is 3.12. The number of rotatable bonds is 6. The van der Waals surface area contributed by atoms with Crippen molar-refractivity contribution in [1.29, 1.82) is 0 Å². The van der Waals surface area contributed by atoms with Gasteiger partial charge in [-0.2, -0.15) is 0 Å². The van der Waals surface area contributed by atoms with Crippen molar-refractivity contribution in [2.75, 3.05) is 39.9 Å². The Labute approximate surface area is 206 Å². The number of aliphatic imine (C=N–C) groups is 1. The molecule has 32 heavy (non-hydrogen) atoms. The molecule has 11 heteroatoms. The third kappa shape index (κ3) is 6.71. The van der Waals surface area contributed by atoms with E-state index in [4.69, 9.17) is 14.5 Å². The molecule has 176 valence electrons. The van der Waals surface area contributed by atoms with Gasteiger partial charge >= 0.3 is 6.09 Å². The Morgan fingerprint density at radius 3 is 2.34 bits per heavy atom. The van der Waals surface area contributed by atoms with Gasteiger partial charge in [-0.3, -0.25) is 0 Å². The summed E-state index contributed by atoms with van der Waals surface area (Å²) in [5, 5.41) is 11.7. The molecule has 0 atom stereocenters. The van der Waals surface area contributed by atoms with Gasteiger partial charge in [0.2, 0.25) is 0 Å². The van der Waals surface area contributed by atoms with Gasteiger partial charge in [0.05, 0.1) is 26.8 Å². The summed E-state index contributed by atoms with van der Waals surface area (Å²) in [5.74, 6) is 3.29. The lowest BCUT2D eigenvalue weighted by Crippen LogP contribution is -2.53. The van der Waals surface area contributed by atoms with Gasteiger partial charge in [-0.15, -0.1) is 34.2 Å². The second kappa shape index (κ2) is 12.5. The lowest BCUT2D eigenvalue weighted by atomic mass is 10.2. The van der Waals surface area contributed by atoms with E-state index in [1.165, 1.54) is 0 Å². The van der Waals surface area contributed by atoms with Gasteiger partial charge in [0.1, 0.15) is 11.6 Å². The SMILES string of the molecule is CCOC(=O)N1CCN(C(=NCc2ccc(OC)cc2)NCc2nnc(C)n2C)CC1.I. The van der Waals surface area contributed by atoms with E-state index in [0.717, 1.165) is 28.9 Å². The van der Waals surface area contributed by atoms with Crippen LogP contribution in [-0.2, 0) is 24.9 Å². The van der Waals surface area contributed by atoms with Crippen LogP contribution in [0.4, 0.5) is 4.79 Å². The maximum absolute atomic E-state index is 12.0. The lowest BCUT2D eigenvalue weighted by molar-refractivity contribution is 0.0914. The Balaban J connectivity index is 0.00000363. The second-order valence-electron chi connectivity index (χ2n) is 7.24. The molecular formula is C21H32IN7O3. The van der Waals surface area contributed by atoms with Crippen molar-refractivity contribution >= 4 is 36.0 Å². The van der Waals surface area contributed by atoms with Crippen molar-refractivity contribution in [1.82, 2.24) is 29.9 Å². The number of nitrogens with zero attached hydrogens (tertiary/aromatic N) is 6. The maximum Gasteiger partial charge on any atom is 0.409 e. The van der Waals surface area contributed by atoms with Crippen LogP contribution >= 0.6 is 24.0 Å². The summed E-state index contributed by atoms with van der Waals surface area (Å²) in [6.45, 7) is 7.68. The number of halogens is 1. The molecule has 1 aromatic heterocycles. The minimum Gasteiger partial charge on any atom is -0.497 e. The summed E-state index contributed by atoms with van der Waals surface area (Å²) in [4.78, 5) is 20.7.